The van der Waals surface area contributed by atoms with E-state index < -0.39 is 0 Å². The van der Waals surface area contributed by atoms with Gasteiger partial charge >= 0.3 is 0 Å². The van der Waals surface area contributed by atoms with E-state index in [-0.39, 0.29) is 0 Å². The van der Waals surface area contributed by atoms with Crippen LogP contribution in [0.2, 0.25) is 0 Å². The number of hydrogen-bond donors (Lipinski definition) is 1. The van der Waals surface area contributed by atoms with Gasteiger partial charge in [-0.1, -0.05) is 27.2 Å². The minimum atomic E-state index is 0.366. The SMILES string of the molecule is CC1CN2CCCCC2CN1CC(CS)C(C)(C)C. The maximum atomic E-state index is 4.59. The monoisotopic (exact) mass is 284 g/mol. The van der Waals surface area contributed by atoms with Gasteiger partial charge in [0.2, 0.25) is 0 Å². The van der Waals surface area contributed by atoms with Crippen molar-refractivity contribution < 1.29 is 0 Å². The number of rotatable bonds is 3. The molecule has 3 heteroatoms. The lowest BCUT2D eigenvalue weighted by Crippen LogP contribution is -2.59. The van der Waals surface area contributed by atoms with Crippen molar-refractivity contribution in [1.29, 1.82) is 0 Å². The highest BCUT2D eigenvalue weighted by Crippen LogP contribution is 2.30. The fraction of sp³-hybridized carbons (Fsp3) is 1.00. The van der Waals surface area contributed by atoms with E-state index in [1.165, 1.54) is 45.4 Å². The second-order valence-electron chi connectivity index (χ2n) is 7.69. The van der Waals surface area contributed by atoms with Crippen LogP contribution in [-0.4, -0.2) is 53.8 Å². The summed E-state index contributed by atoms with van der Waals surface area (Å²) in [7, 11) is 0. The summed E-state index contributed by atoms with van der Waals surface area (Å²) < 4.78 is 0. The van der Waals surface area contributed by atoms with Crippen LogP contribution in [0.25, 0.3) is 0 Å². The van der Waals surface area contributed by atoms with E-state index in [1.807, 2.05) is 0 Å². The van der Waals surface area contributed by atoms with E-state index in [2.05, 4.69) is 50.1 Å². The third kappa shape index (κ3) is 3.89. The first-order chi connectivity index (χ1) is 8.91. The molecule has 0 spiro atoms. The summed E-state index contributed by atoms with van der Waals surface area (Å²) in [5.74, 6) is 1.69. The summed E-state index contributed by atoms with van der Waals surface area (Å²) in [4.78, 5) is 5.47. The molecule has 3 unspecified atom stereocenters. The van der Waals surface area contributed by atoms with Crippen LogP contribution in [0.5, 0.6) is 0 Å². The summed E-state index contributed by atoms with van der Waals surface area (Å²) in [5, 5.41) is 0. The van der Waals surface area contributed by atoms with Crippen LogP contribution in [-0.2, 0) is 0 Å². The Kier molecular flexibility index (Phi) is 5.24. The van der Waals surface area contributed by atoms with Crippen molar-refractivity contribution in [2.24, 2.45) is 11.3 Å². The maximum Gasteiger partial charge on any atom is 0.0223 e. The molecule has 2 rings (SSSR count). The van der Waals surface area contributed by atoms with Crippen LogP contribution >= 0.6 is 12.6 Å². The van der Waals surface area contributed by atoms with Crippen molar-refractivity contribution in [3.63, 3.8) is 0 Å². The van der Waals surface area contributed by atoms with Crippen LogP contribution in [0.15, 0.2) is 0 Å². The number of hydrogen-bond acceptors (Lipinski definition) is 3. The molecule has 112 valence electrons. The van der Waals surface area contributed by atoms with Crippen LogP contribution in [0.4, 0.5) is 0 Å². The molecule has 2 saturated heterocycles. The van der Waals surface area contributed by atoms with Crippen molar-refractivity contribution in [3.8, 4) is 0 Å². The molecule has 2 heterocycles. The van der Waals surface area contributed by atoms with Crippen LogP contribution in [0.3, 0.4) is 0 Å². The van der Waals surface area contributed by atoms with E-state index in [0.29, 0.717) is 17.4 Å². The number of piperazine rings is 1. The number of thiol groups is 1. The van der Waals surface area contributed by atoms with Crippen LogP contribution in [0, 0.1) is 11.3 Å². The predicted molar refractivity (Wildman–Crippen MR) is 87.0 cm³/mol. The van der Waals surface area contributed by atoms with Crippen molar-refractivity contribution in [1.82, 2.24) is 9.80 Å². The van der Waals surface area contributed by atoms with Crippen molar-refractivity contribution in [3.05, 3.63) is 0 Å². The van der Waals surface area contributed by atoms with Gasteiger partial charge in [-0.25, -0.2) is 0 Å². The molecule has 0 amide bonds. The van der Waals surface area contributed by atoms with Gasteiger partial charge in [0.1, 0.15) is 0 Å². The molecule has 0 aromatic carbocycles. The fourth-order valence-corrected chi connectivity index (χ4v) is 4.22. The zero-order chi connectivity index (χ0) is 14.0. The van der Waals surface area contributed by atoms with Gasteiger partial charge in [0.25, 0.3) is 0 Å². The Morgan fingerprint density at radius 2 is 1.95 bits per heavy atom. The first-order valence-corrected chi connectivity index (χ1v) is 8.64. The molecular weight excluding hydrogens is 252 g/mol. The second kappa shape index (κ2) is 6.36. The molecule has 3 atom stereocenters. The van der Waals surface area contributed by atoms with E-state index >= 15 is 0 Å². The molecule has 0 aromatic heterocycles. The molecule has 0 N–H and O–H groups in total. The van der Waals surface area contributed by atoms with Crippen molar-refractivity contribution >= 4 is 12.6 Å². The van der Waals surface area contributed by atoms with Gasteiger partial charge < -0.3 is 0 Å². The Hall–Kier alpha value is 0.270. The Morgan fingerprint density at radius 3 is 2.58 bits per heavy atom. The quantitative estimate of drug-likeness (QED) is 0.796. The standard InChI is InChI=1S/C16H32N2S/c1-13-9-17-8-6-5-7-15(17)11-18(13)10-14(12-19)16(2,3)4/h13-15,19H,5-12H2,1-4H3. The smallest absolute Gasteiger partial charge is 0.0223 e. The van der Waals surface area contributed by atoms with Crippen LogP contribution < -0.4 is 0 Å². The van der Waals surface area contributed by atoms with Gasteiger partial charge in [0.05, 0.1) is 0 Å². The van der Waals surface area contributed by atoms with E-state index in [9.17, 15) is 0 Å². The molecule has 0 bridgehead atoms. The number of fused-ring (bicyclic) bond motifs is 1. The molecule has 2 nitrogen and oxygen atoms in total. The molecule has 2 fully saturated rings. The first-order valence-electron chi connectivity index (χ1n) is 8.00. The maximum absolute atomic E-state index is 4.59. The van der Waals surface area contributed by atoms with Crippen LogP contribution in [0.1, 0.15) is 47.0 Å². The second-order valence-corrected chi connectivity index (χ2v) is 8.06. The highest BCUT2D eigenvalue weighted by molar-refractivity contribution is 7.80. The third-order valence-corrected chi connectivity index (χ3v) is 5.66. The van der Waals surface area contributed by atoms with Crippen molar-refractivity contribution in [2.75, 3.05) is 31.9 Å². The Bertz CT molecular complexity index is 287. The summed E-state index contributed by atoms with van der Waals surface area (Å²) in [6.07, 6.45) is 4.24. The number of piperidine rings is 1. The molecule has 0 aromatic rings. The van der Waals surface area contributed by atoms with E-state index in [4.69, 9.17) is 0 Å². The average Bonchev–Trinajstić information content (AvgIpc) is 2.34. The Labute approximate surface area is 125 Å². The van der Waals surface area contributed by atoms with Crippen molar-refractivity contribution in [2.45, 2.75) is 59.0 Å². The molecule has 0 radical (unpaired) electrons. The van der Waals surface area contributed by atoms with Gasteiger partial charge in [-0.05, 0) is 43.4 Å². The van der Waals surface area contributed by atoms with Gasteiger partial charge in [0.15, 0.2) is 0 Å². The topological polar surface area (TPSA) is 6.48 Å². The largest absolute Gasteiger partial charge is 0.298 e. The van der Waals surface area contributed by atoms with Gasteiger partial charge in [0, 0.05) is 31.7 Å². The molecule has 0 saturated carbocycles. The fourth-order valence-electron chi connectivity index (χ4n) is 3.56. The van der Waals surface area contributed by atoms with E-state index in [1.54, 1.807) is 0 Å². The Morgan fingerprint density at radius 1 is 1.21 bits per heavy atom. The zero-order valence-corrected chi connectivity index (χ0v) is 14.1. The lowest BCUT2D eigenvalue weighted by molar-refractivity contribution is 0.000675. The summed E-state index contributed by atoms with van der Waals surface area (Å²) in [6, 6.07) is 1.53. The summed E-state index contributed by atoms with van der Waals surface area (Å²) in [6.45, 7) is 14.6. The lowest BCUT2D eigenvalue weighted by Gasteiger charge is -2.49. The molecule has 2 aliphatic rings. The molecule has 19 heavy (non-hydrogen) atoms. The number of nitrogens with zero attached hydrogens (tertiary/aromatic N) is 2. The lowest BCUT2D eigenvalue weighted by atomic mass is 9.81. The van der Waals surface area contributed by atoms with E-state index in [0.717, 1.165) is 11.8 Å². The van der Waals surface area contributed by atoms with Gasteiger partial charge in [-0.15, -0.1) is 0 Å². The Balaban J connectivity index is 1.96. The molecule has 0 aliphatic carbocycles. The highest BCUT2D eigenvalue weighted by atomic mass is 32.1. The normalized spacial score (nSPS) is 32.1. The van der Waals surface area contributed by atoms with Gasteiger partial charge in [-0.2, -0.15) is 12.6 Å². The minimum Gasteiger partial charge on any atom is -0.298 e. The molecular formula is C16H32N2S. The van der Waals surface area contributed by atoms with Gasteiger partial charge in [-0.3, -0.25) is 9.80 Å². The summed E-state index contributed by atoms with van der Waals surface area (Å²) in [5.41, 5.74) is 0.366. The average molecular weight is 285 g/mol. The summed E-state index contributed by atoms with van der Waals surface area (Å²) >= 11 is 4.59. The third-order valence-electron chi connectivity index (χ3n) is 5.22. The highest BCUT2D eigenvalue weighted by Gasteiger charge is 2.35. The zero-order valence-electron chi connectivity index (χ0n) is 13.2. The first kappa shape index (κ1) is 15.7. The minimum absolute atomic E-state index is 0.366. The molecule has 2 aliphatic heterocycles. The predicted octanol–water partition coefficient (Wildman–Crippen LogP) is 3.14.